The molecular weight excluding hydrogens is 809 g/mol. The Kier molecular flexibility index (Phi) is 7.60. The Labute approximate surface area is 376 Å². The molecule has 306 valence electrons. The van der Waals surface area contributed by atoms with Gasteiger partial charge in [0.2, 0.25) is 0 Å². The standard InChI is InChI=1S/C60H34N4O2/c65-59-47-24-10-18-40-17-9-23-46(54(40)47)58-62-55-49(31-44(34-52(55)63(58)59)36-14-5-2-6-15-36)42-21-7-20-41(30-42)37-26-28-38(29-27-37)50-32-43(35-12-3-1-4-13-35)33-51-56(50)64-57(61-51)45-22-8-16-39-19-11-25-48(53(39)45)60(64)66/h1-34H. The van der Waals surface area contributed by atoms with Gasteiger partial charge in [0, 0.05) is 43.4 Å². The highest BCUT2D eigenvalue weighted by molar-refractivity contribution is 6.17. The molecular formula is C60H34N4O2. The van der Waals surface area contributed by atoms with Crippen LogP contribution in [0.4, 0.5) is 0 Å². The topological polar surface area (TPSA) is 68.7 Å². The van der Waals surface area contributed by atoms with Crippen molar-refractivity contribution >= 4 is 76.5 Å². The van der Waals surface area contributed by atoms with Crippen LogP contribution in [0.3, 0.4) is 0 Å². The van der Waals surface area contributed by atoms with Crippen LogP contribution in [-0.2, 0) is 0 Å². The van der Waals surface area contributed by atoms with E-state index >= 15 is 0 Å². The molecule has 4 aromatic heterocycles. The van der Waals surface area contributed by atoms with Gasteiger partial charge in [-0.25, -0.2) is 9.97 Å². The molecule has 0 aliphatic heterocycles. The third-order valence-electron chi connectivity index (χ3n) is 13.6. The zero-order valence-corrected chi connectivity index (χ0v) is 35.2. The maximum Gasteiger partial charge on any atom is 0.264 e. The van der Waals surface area contributed by atoms with Crippen LogP contribution in [0.25, 0.3) is 132 Å². The van der Waals surface area contributed by atoms with Crippen molar-refractivity contribution in [3.8, 4) is 55.6 Å². The largest absolute Gasteiger partial charge is 0.268 e. The fourth-order valence-electron chi connectivity index (χ4n) is 10.5. The average Bonchev–Trinajstić information content (AvgIpc) is 3.97. The van der Waals surface area contributed by atoms with Crippen molar-refractivity contribution in [2.75, 3.05) is 0 Å². The number of aromatic nitrogens is 4. The second-order valence-corrected chi connectivity index (χ2v) is 17.2. The van der Waals surface area contributed by atoms with Gasteiger partial charge in [0.15, 0.2) is 0 Å². The molecule has 14 aromatic rings. The summed E-state index contributed by atoms with van der Waals surface area (Å²) < 4.78 is 3.62. The molecule has 6 nitrogen and oxygen atoms in total. The summed E-state index contributed by atoms with van der Waals surface area (Å²) in [5.74, 6) is 0. The molecule has 0 fully saturated rings. The summed E-state index contributed by atoms with van der Waals surface area (Å²) in [7, 11) is 0. The zero-order valence-electron chi connectivity index (χ0n) is 35.2. The summed E-state index contributed by atoms with van der Waals surface area (Å²) in [5, 5.41) is 7.21. The highest BCUT2D eigenvalue weighted by atomic mass is 16.1. The van der Waals surface area contributed by atoms with E-state index in [1.54, 1.807) is 4.40 Å². The van der Waals surface area contributed by atoms with E-state index in [0.717, 1.165) is 110 Å². The molecule has 0 unspecified atom stereocenters. The first-order valence-electron chi connectivity index (χ1n) is 22.1. The first-order chi connectivity index (χ1) is 32.6. The number of hydrogen-bond donors (Lipinski definition) is 0. The van der Waals surface area contributed by atoms with Crippen molar-refractivity contribution in [3.63, 3.8) is 0 Å². The Morgan fingerprint density at radius 1 is 0.333 bits per heavy atom. The van der Waals surface area contributed by atoms with Gasteiger partial charge in [0.25, 0.3) is 11.1 Å². The Hall–Kier alpha value is -9.00. The lowest BCUT2D eigenvalue weighted by atomic mass is 9.93. The minimum absolute atomic E-state index is 0.0728. The van der Waals surface area contributed by atoms with Crippen molar-refractivity contribution in [2.24, 2.45) is 0 Å². The summed E-state index contributed by atoms with van der Waals surface area (Å²) in [6.07, 6.45) is 0. The number of hydrogen-bond acceptors (Lipinski definition) is 4. The van der Waals surface area contributed by atoms with E-state index in [0.29, 0.717) is 22.1 Å². The molecule has 0 aliphatic carbocycles. The van der Waals surface area contributed by atoms with Gasteiger partial charge >= 0.3 is 0 Å². The van der Waals surface area contributed by atoms with E-state index < -0.39 is 0 Å². The Balaban J connectivity index is 0.950. The van der Waals surface area contributed by atoms with Gasteiger partial charge in [-0.2, -0.15) is 0 Å². The molecule has 6 heteroatoms. The van der Waals surface area contributed by atoms with Gasteiger partial charge in [-0.15, -0.1) is 0 Å². The van der Waals surface area contributed by atoms with Gasteiger partial charge in [0.05, 0.1) is 22.1 Å². The van der Waals surface area contributed by atoms with E-state index in [2.05, 4.69) is 133 Å². The molecule has 0 aliphatic rings. The number of benzene rings is 10. The quantitative estimate of drug-likeness (QED) is 0.173. The maximum atomic E-state index is 14.5. The number of fused-ring (bicyclic) bond motifs is 8. The van der Waals surface area contributed by atoms with Crippen LogP contribution >= 0.6 is 0 Å². The van der Waals surface area contributed by atoms with Crippen LogP contribution in [0.2, 0.25) is 0 Å². The van der Waals surface area contributed by atoms with Crippen molar-refractivity contribution in [1.29, 1.82) is 0 Å². The Bertz CT molecular complexity index is 4410. The van der Waals surface area contributed by atoms with E-state index in [-0.39, 0.29) is 11.1 Å². The number of rotatable bonds is 5. The molecule has 0 saturated carbocycles. The molecule has 0 saturated heterocycles. The minimum Gasteiger partial charge on any atom is -0.268 e. The zero-order chi connectivity index (χ0) is 43.6. The molecule has 0 atom stereocenters. The van der Waals surface area contributed by atoms with E-state index in [1.165, 1.54) is 0 Å². The first-order valence-corrected chi connectivity index (χ1v) is 22.1. The second kappa shape index (κ2) is 13.7. The number of nitrogens with zero attached hydrogens (tertiary/aromatic N) is 4. The molecule has 0 N–H and O–H groups in total. The average molecular weight is 843 g/mol. The van der Waals surface area contributed by atoms with Crippen LogP contribution < -0.4 is 11.1 Å². The Morgan fingerprint density at radius 2 is 0.818 bits per heavy atom. The van der Waals surface area contributed by atoms with Crippen molar-refractivity contribution in [3.05, 3.63) is 227 Å². The Morgan fingerprint density at radius 3 is 1.45 bits per heavy atom. The lowest BCUT2D eigenvalue weighted by molar-refractivity contribution is 1.19. The summed E-state index contributed by atoms with van der Waals surface area (Å²) in [4.78, 5) is 39.5. The fourth-order valence-corrected chi connectivity index (χ4v) is 10.5. The molecule has 14 rings (SSSR count). The molecule has 0 bridgehead atoms. The molecule has 10 aromatic carbocycles. The highest BCUT2D eigenvalue weighted by Crippen LogP contribution is 2.40. The minimum atomic E-state index is -0.0751. The van der Waals surface area contributed by atoms with E-state index in [4.69, 9.17) is 9.97 Å². The van der Waals surface area contributed by atoms with Crippen LogP contribution in [-0.4, -0.2) is 18.8 Å². The smallest absolute Gasteiger partial charge is 0.264 e. The third kappa shape index (κ3) is 5.24. The monoisotopic (exact) mass is 842 g/mol. The van der Waals surface area contributed by atoms with Gasteiger partial charge in [-0.1, -0.05) is 164 Å². The lowest BCUT2D eigenvalue weighted by Crippen LogP contribution is -2.13. The molecule has 0 spiro atoms. The number of imidazole rings is 2. The normalized spacial score (nSPS) is 12.1. The summed E-state index contributed by atoms with van der Waals surface area (Å²) in [5.41, 5.74) is 14.4. The van der Waals surface area contributed by atoms with Crippen LogP contribution in [0.15, 0.2) is 216 Å². The van der Waals surface area contributed by atoms with Crippen molar-refractivity contribution < 1.29 is 0 Å². The first kappa shape index (κ1) is 36.5. The van der Waals surface area contributed by atoms with Crippen LogP contribution in [0.5, 0.6) is 0 Å². The molecule has 0 amide bonds. The highest BCUT2D eigenvalue weighted by Gasteiger charge is 2.22. The van der Waals surface area contributed by atoms with Gasteiger partial charge in [-0.3, -0.25) is 18.4 Å². The third-order valence-corrected chi connectivity index (χ3v) is 13.6. The van der Waals surface area contributed by atoms with Gasteiger partial charge in [0.1, 0.15) is 11.3 Å². The predicted octanol–water partition coefficient (Wildman–Crippen LogP) is 13.8. The predicted molar refractivity (Wildman–Crippen MR) is 271 cm³/mol. The lowest BCUT2D eigenvalue weighted by Gasteiger charge is -2.12. The van der Waals surface area contributed by atoms with E-state index in [1.807, 2.05) is 77.2 Å². The van der Waals surface area contributed by atoms with Crippen molar-refractivity contribution in [1.82, 2.24) is 18.8 Å². The maximum absolute atomic E-state index is 14.5. The van der Waals surface area contributed by atoms with Gasteiger partial charge in [-0.05, 0) is 97.7 Å². The van der Waals surface area contributed by atoms with Crippen LogP contribution in [0, 0.1) is 0 Å². The van der Waals surface area contributed by atoms with Crippen LogP contribution in [0.1, 0.15) is 0 Å². The number of pyridine rings is 2. The molecule has 0 radical (unpaired) electrons. The summed E-state index contributed by atoms with van der Waals surface area (Å²) >= 11 is 0. The van der Waals surface area contributed by atoms with Gasteiger partial charge < -0.3 is 0 Å². The molecule has 66 heavy (non-hydrogen) atoms. The summed E-state index contributed by atoms with van der Waals surface area (Å²) in [6, 6.07) is 70.6. The van der Waals surface area contributed by atoms with Crippen molar-refractivity contribution in [2.45, 2.75) is 0 Å². The fraction of sp³-hybridized carbons (Fsp3) is 0. The second-order valence-electron chi connectivity index (χ2n) is 17.2. The molecule has 4 heterocycles. The summed E-state index contributed by atoms with van der Waals surface area (Å²) in [6.45, 7) is 0. The van der Waals surface area contributed by atoms with E-state index in [9.17, 15) is 9.59 Å². The SMILES string of the molecule is O=c1c2cccc3cccc(c32)c2nc3c(-c4cccc(-c5ccc(-c6cc(-c7ccccc7)cc7nc8c9cccc%10cccc(c(=O)n8c67)c%109)cc5)c4)cc(-c4ccccc4)cc3n12.